The van der Waals surface area contributed by atoms with Crippen LogP contribution in [-0.4, -0.2) is 6.04 Å². The molecule has 0 aliphatic rings. The van der Waals surface area contributed by atoms with E-state index in [1.807, 2.05) is 37.3 Å². The van der Waals surface area contributed by atoms with Crippen molar-refractivity contribution in [3.05, 3.63) is 69.7 Å². The molecule has 0 heterocycles. The molecular weight excluding hydrogens is 336 g/mol. The lowest BCUT2D eigenvalue weighted by atomic mass is 9.86. The van der Waals surface area contributed by atoms with Crippen LogP contribution < -0.4 is 5.73 Å². The third-order valence-electron chi connectivity index (χ3n) is 3.76. The van der Waals surface area contributed by atoms with E-state index in [9.17, 15) is 8.78 Å². The predicted molar refractivity (Wildman–Crippen MR) is 85.2 cm³/mol. The number of halogens is 3. The molecule has 0 aliphatic carbocycles. The maximum absolute atomic E-state index is 14.1. The zero-order valence-corrected chi connectivity index (χ0v) is 13.4. The molecule has 1 nitrogen and oxygen atoms in total. The molecule has 4 heteroatoms. The zero-order valence-electron chi connectivity index (χ0n) is 11.8. The minimum Gasteiger partial charge on any atom is -0.327 e. The normalized spacial score (nSPS) is 14.0. The number of nitrogens with two attached hydrogens (primary N) is 1. The fraction of sp³-hybridized carbons (Fsp3) is 0.294. The molecule has 2 unspecified atom stereocenters. The first-order valence-corrected chi connectivity index (χ1v) is 7.76. The zero-order chi connectivity index (χ0) is 15.4. The van der Waals surface area contributed by atoms with Crippen molar-refractivity contribution in [1.29, 1.82) is 0 Å². The predicted octanol–water partition coefficient (Wildman–Crippen LogP) is 4.79. The highest BCUT2D eigenvalue weighted by Crippen LogP contribution is 2.28. The summed E-state index contributed by atoms with van der Waals surface area (Å²) in [5.41, 5.74) is 7.38. The van der Waals surface area contributed by atoms with Gasteiger partial charge in [-0.1, -0.05) is 37.3 Å². The molecular formula is C17H18BrF2N. The van der Waals surface area contributed by atoms with Crippen LogP contribution >= 0.6 is 15.9 Å². The summed E-state index contributed by atoms with van der Waals surface area (Å²) in [5.74, 6) is -1.04. The quantitative estimate of drug-likeness (QED) is 0.768. The molecule has 0 radical (unpaired) electrons. The second-order valence-electron chi connectivity index (χ2n) is 5.12. The van der Waals surface area contributed by atoms with E-state index in [0.29, 0.717) is 0 Å². The van der Waals surface area contributed by atoms with Gasteiger partial charge in [-0.05, 0) is 52.4 Å². The summed E-state index contributed by atoms with van der Waals surface area (Å²) in [7, 11) is 0. The second-order valence-corrected chi connectivity index (χ2v) is 5.97. The van der Waals surface area contributed by atoms with E-state index in [1.165, 1.54) is 12.1 Å². The van der Waals surface area contributed by atoms with Gasteiger partial charge in [-0.25, -0.2) is 8.78 Å². The number of benzene rings is 2. The third kappa shape index (κ3) is 3.69. The van der Waals surface area contributed by atoms with Crippen molar-refractivity contribution in [2.75, 3.05) is 0 Å². The van der Waals surface area contributed by atoms with Crippen molar-refractivity contribution in [2.45, 2.75) is 31.7 Å². The van der Waals surface area contributed by atoms with Gasteiger partial charge in [0, 0.05) is 11.6 Å². The van der Waals surface area contributed by atoms with Crippen molar-refractivity contribution >= 4 is 15.9 Å². The van der Waals surface area contributed by atoms with E-state index in [2.05, 4.69) is 15.9 Å². The molecule has 2 rings (SSSR count). The van der Waals surface area contributed by atoms with E-state index in [1.54, 1.807) is 0 Å². The van der Waals surface area contributed by atoms with Crippen molar-refractivity contribution < 1.29 is 8.78 Å². The standard InChI is InChI=1S/C17H18BrF2N/c1-2-12(11-6-4-3-5-7-11)16(21)10-13-15(19)9-8-14(18)17(13)20/h3-9,12,16H,2,10,21H2,1H3. The van der Waals surface area contributed by atoms with Gasteiger partial charge in [0.1, 0.15) is 11.6 Å². The second kappa shape index (κ2) is 7.14. The largest absolute Gasteiger partial charge is 0.327 e. The van der Waals surface area contributed by atoms with Crippen molar-refractivity contribution in [2.24, 2.45) is 5.73 Å². The lowest BCUT2D eigenvalue weighted by Crippen LogP contribution is -2.31. The number of rotatable bonds is 5. The molecule has 0 amide bonds. The summed E-state index contributed by atoms with van der Waals surface area (Å²) in [5, 5.41) is 0. The van der Waals surface area contributed by atoms with Gasteiger partial charge in [-0.2, -0.15) is 0 Å². The molecule has 2 N–H and O–H groups in total. The van der Waals surface area contributed by atoms with Crippen LogP contribution in [-0.2, 0) is 6.42 Å². The highest BCUT2D eigenvalue weighted by molar-refractivity contribution is 9.10. The number of hydrogen-bond acceptors (Lipinski definition) is 1. The van der Waals surface area contributed by atoms with Crippen LogP contribution in [0.4, 0.5) is 8.78 Å². The fourth-order valence-electron chi connectivity index (χ4n) is 2.62. The van der Waals surface area contributed by atoms with Crippen LogP contribution in [0.5, 0.6) is 0 Å². The average molecular weight is 354 g/mol. The Labute approximate surface area is 132 Å². The van der Waals surface area contributed by atoms with Crippen LogP contribution in [0, 0.1) is 11.6 Å². The Morgan fingerprint density at radius 1 is 1.10 bits per heavy atom. The minimum atomic E-state index is -0.562. The molecule has 2 aromatic carbocycles. The molecule has 0 saturated carbocycles. The van der Waals surface area contributed by atoms with Gasteiger partial charge < -0.3 is 5.73 Å². The van der Waals surface area contributed by atoms with E-state index < -0.39 is 11.6 Å². The maximum Gasteiger partial charge on any atom is 0.143 e. The molecule has 112 valence electrons. The Bertz CT molecular complexity index is 601. The van der Waals surface area contributed by atoms with Crippen molar-refractivity contribution in [1.82, 2.24) is 0 Å². The highest BCUT2D eigenvalue weighted by Gasteiger charge is 2.22. The smallest absolute Gasteiger partial charge is 0.143 e. The SMILES string of the molecule is CCC(c1ccccc1)C(N)Cc1c(F)ccc(Br)c1F. The van der Waals surface area contributed by atoms with Crippen molar-refractivity contribution in [3.63, 3.8) is 0 Å². The first-order valence-electron chi connectivity index (χ1n) is 6.97. The van der Waals surface area contributed by atoms with Gasteiger partial charge >= 0.3 is 0 Å². The Balaban J connectivity index is 2.25. The molecule has 2 atom stereocenters. The summed E-state index contributed by atoms with van der Waals surface area (Å²) in [4.78, 5) is 0. The molecule has 0 aromatic heterocycles. The lowest BCUT2D eigenvalue weighted by Gasteiger charge is -2.23. The first kappa shape index (κ1) is 16.1. The van der Waals surface area contributed by atoms with Gasteiger partial charge in [0.15, 0.2) is 0 Å². The van der Waals surface area contributed by atoms with E-state index in [-0.39, 0.29) is 28.4 Å². The maximum atomic E-state index is 14.1. The fourth-order valence-corrected chi connectivity index (χ4v) is 2.99. The summed E-state index contributed by atoms with van der Waals surface area (Å²) in [6, 6.07) is 12.1. The van der Waals surface area contributed by atoms with Gasteiger partial charge in [-0.15, -0.1) is 0 Å². The Morgan fingerprint density at radius 2 is 1.76 bits per heavy atom. The summed E-state index contributed by atoms with van der Waals surface area (Å²) in [6.45, 7) is 2.03. The summed E-state index contributed by atoms with van der Waals surface area (Å²) in [6.07, 6.45) is 0.993. The van der Waals surface area contributed by atoms with Gasteiger partial charge in [0.2, 0.25) is 0 Å². The summed E-state index contributed by atoms with van der Waals surface area (Å²) >= 11 is 3.09. The van der Waals surface area contributed by atoms with Crippen LogP contribution in [0.1, 0.15) is 30.4 Å². The minimum absolute atomic E-state index is 0.0475. The molecule has 0 bridgehead atoms. The molecule has 0 aliphatic heterocycles. The monoisotopic (exact) mass is 353 g/mol. The topological polar surface area (TPSA) is 26.0 Å². The van der Waals surface area contributed by atoms with Crippen molar-refractivity contribution in [3.8, 4) is 0 Å². The first-order chi connectivity index (χ1) is 10.0. The van der Waals surface area contributed by atoms with Crippen LogP contribution in [0.3, 0.4) is 0 Å². The van der Waals surface area contributed by atoms with Gasteiger partial charge in [0.25, 0.3) is 0 Å². The highest BCUT2D eigenvalue weighted by atomic mass is 79.9. The number of hydrogen-bond donors (Lipinski definition) is 1. The van der Waals surface area contributed by atoms with Crippen LogP contribution in [0.2, 0.25) is 0 Å². The average Bonchev–Trinajstić information content (AvgIpc) is 2.49. The molecule has 2 aromatic rings. The molecule has 0 spiro atoms. The summed E-state index contributed by atoms with van der Waals surface area (Å²) < 4.78 is 28.2. The Hall–Kier alpha value is -1.26. The Morgan fingerprint density at radius 3 is 2.38 bits per heavy atom. The van der Waals surface area contributed by atoms with Gasteiger partial charge in [-0.3, -0.25) is 0 Å². The molecule has 0 fully saturated rings. The van der Waals surface area contributed by atoms with E-state index in [0.717, 1.165) is 12.0 Å². The molecule has 21 heavy (non-hydrogen) atoms. The van der Waals surface area contributed by atoms with E-state index in [4.69, 9.17) is 5.73 Å². The lowest BCUT2D eigenvalue weighted by molar-refractivity contribution is 0.481. The third-order valence-corrected chi connectivity index (χ3v) is 4.38. The van der Waals surface area contributed by atoms with Crippen LogP contribution in [0.25, 0.3) is 0 Å². The van der Waals surface area contributed by atoms with Crippen LogP contribution in [0.15, 0.2) is 46.9 Å². The van der Waals surface area contributed by atoms with Gasteiger partial charge in [0.05, 0.1) is 4.47 Å². The molecule has 0 saturated heterocycles. The Kier molecular flexibility index (Phi) is 5.48. The van der Waals surface area contributed by atoms with E-state index >= 15 is 0 Å².